The first-order valence-corrected chi connectivity index (χ1v) is 7.33. The van der Waals surface area contributed by atoms with Crippen molar-refractivity contribution >= 4 is 11.6 Å². The summed E-state index contributed by atoms with van der Waals surface area (Å²) >= 11 is 6.07. The number of hydrogen-bond acceptors (Lipinski definition) is 3. The Bertz CT molecular complexity index is 435. The van der Waals surface area contributed by atoms with Gasteiger partial charge in [-0.3, -0.25) is 4.90 Å². The van der Waals surface area contributed by atoms with Gasteiger partial charge < -0.3 is 10.0 Å². The molecule has 0 bridgehead atoms. The molecule has 0 saturated carbocycles. The van der Waals surface area contributed by atoms with E-state index >= 15 is 0 Å². The van der Waals surface area contributed by atoms with Crippen LogP contribution in [0.2, 0.25) is 5.02 Å². The highest BCUT2D eigenvalue weighted by Gasteiger charge is 2.30. The summed E-state index contributed by atoms with van der Waals surface area (Å²) < 4.78 is 13.8. The zero-order chi connectivity index (χ0) is 14.7. The largest absolute Gasteiger partial charge is 0.396 e. The van der Waals surface area contributed by atoms with Crippen LogP contribution in [0.15, 0.2) is 18.2 Å². The molecule has 5 heteroatoms. The fourth-order valence-electron chi connectivity index (χ4n) is 3.01. The van der Waals surface area contributed by atoms with E-state index in [4.69, 9.17) is 11.6 Å². The predicted octanol–water partition coefficient (Wildman–Crippen LogP) is 2.22. The third-order valence-electron chi connectivity index (χ3n) is 4.12. The smallest absolute Gasteiger partial charge is 0.129 e. The number of rotatable bonds is 4. The minimum atomic E-state index is -0.257. The fraction of sp³-hybridized carbons (Fsp3) is 0.600. The molecule has 2 rings (SSSR count). The quantitative estimate of drug-likeness (QED) is 0.924. The van der Waals surface area contributed by atoms with Gasteiger partial charge in [0.1, 0.15) is 5.82 Å². The molecule has 0 spiro atoms. The van der Waals surface area contributed by atoms with Crippen LogP contribution in [0.5, 0.6) is 0 Å². The van der Waals surface area contributed by atoms with Gasteiger partial charge in [-0.05, 0) is 32.6 Å². The molecule has 2 unspecified atom stereocenters. The summed E-state index contributed by atoms with van der Waals surface area (Å²) in [5.41, 5.74) is 0.550. The molecule has 1 aromatic rings. The molecule has 1 aromatic carbocycles. The van der Waals surface area contributed by atoms with Crippen molar-refractivity contribution in [1.29, 1.82) is 0 Å². The lowest BCUT2D eigenvalue weighted by Gasteiger charge is -2.41. The molecule has 1 saturated heterocycles. The Balaban J connectivity index is 2.05. The van der Waals surface area contributed by atoms with Crippen LogP contribution in [0, 0.1) is 11.7 Å². The van der Waals surface area contributed by atoms with Crippen LogP contribution < -0.4 is 0 Å². The molecule has 0 aliphatic carbocycles. The molecule has 0 aromatic heterocycles. The number of piperidine rings is 1. The number of benzene rings is 1. The number of halogens is 2. The van der Waals surface area contributed by atoms with E-state index in [1.165, 1.54) is 6.07 Å². The minimum Gasteiger partial charge on any atom is -0.396 e. The lowest BCUT2D eigenvalue weighted by molar-refractivity contribution is 0.0450. The molecule has 1 heterocycles. The summed E-state index contributed by atoms with van der Waals surface area (Å²) in [6, 6.07) is 5.16. The van der Waals surface area contributed by atoms with Crippen molar-refractivity contribution in [3.05, 3.63) is 34.6 Å². The number of hydrogen-bond donors (Lipinski definition) is 1. The second-order valence-electron chi connectivity index (χ2n) is 5.70. The van der Waals surface area contributed by atoms with Gasteiger partial charge in [0.05, 0.1) is 0 Å². The van der Waals surface area contributed by atoms with Gasteiger partial charge in [0.2, 0.25) is 0 Å². The van der Waals surface area contributed by atoms with Gasteiger partial charge in [-0.15, -0.1) is 0 Å². The maximum atomic E-state index is 13.8. The average Bonchev–Trinajstić information content (AvgIpc) is 2.42. The highest BCUT2D eigenvalue weighted by molar-refractivity contribution is 6.31. The van der Waals surface area contributed by atoms with Crippen LogP contribution in [-0.4, -0.2) is 54.7 Å². The first kappa shape index (κ1) is 15.7. The first-order valence-electron chi connectivity index (χ1n) is 6.95. The Morgan fingerprint density at radius 1 is 1.45 bits per heavy atom. The van der Waals surface area contributed by atoms with E-state index in [9.17, 15) is 9.50 Å². The molecule has 1 N–H and O–H groups in total. The Hall–Kier alpha value is -0.680. The molecule has 112 valence electrons. The summed E-state index contributed by atoms with van der Waals surface area (Å²) in [5, 5.41) is 10.0. The molecule has 1 aliphatic rings. The molecular weight excluding hydrogens is 279 g/mol. The van der Waals surface area contributed by atoms with Crippen LogP contribution in [0.1, 0.15) is 12.0 Å². The summed E-state index contributed by atoms with van der Waals surface area (Å²) in [7, 11) is 4.08. The number of nitrogens with zero attached hydrogens (tertiary/aromatic N) is 2. The summed E-state index contributed by atoms with van der Waals surface area (Å²) in [6.45, 7) is 2.32. The van der Waals surface area contributed by atoms with Crippen molar-refractivity contribution in [1.82, 2.24) is 9.80 Å². The van der Waals surface area contributed by atoms with Crippen molar-refractivity contribution in [3.63, 3.8) is 0 Å². The Morgan fingerprint density at radius 3 is 2.80 bits per heavy atom. The van der Waals surface area contributed by atoms with E-state index in [1.54, 1.807) is 12.1 Å². The van der Waals surface area contributed by atoms with Gasteiger partial charge in [-0.1, -0.05) is 17.7 Å². The second-order valence-corrected chi connectivity index (χ2v) is 6.10. The van der Waals surface area contributed by atoms with Crippen LogP contribution in [-0.2, 0) is 6.54 Å². The average molecular weight is 301 g/mol. The number of aliphatic hydroxyl groups excluding tert-OH is 1. The predicted molar refractivity (Wildman–Crippen MR) is 79.4 cm³/mol. The standard InChI is InChI=1S/C15H22ClFN2O/c1-18(2)15-6-7-19(8-11(15)10-20)9-12-13(16)4-3-5-14(12)17/h3-5,11,15,20H,6-10H2,1-2H3. The third kappa shape index (κ3) is 3.50. The van der Waals surface area contributed by atoms with E-state index in [0.717, 1.165) is 19.5 Å². The summed E-state index contributed by atoms with van der Waals surface area (Å²) in [5.74, 6) is -0.0583. The fourth-order valence-corrected chi connectivity index (χ4v) is 3.23. The van der Waals surface area contributed by atoms with Crippen molar-refractivity contribution in [3.8, 4) is 0 Å². The Morgan fingerprint density at radius 2 is 2.20 bits per heavy atom. The summed E-state index contributed by atoms with van der Waals surface area (Å²) in [4.78, 5) is 4.33. The molecule has 1 fully saturated rings. The topological polar surface area (TPSA) is 26.7 Å². The zero-order valence-corrected chi connectivity index (χ0v) is 12.8. The van der Waals surface area contributed by atoms with Gasteiger partial charge in [-0.25, -0.2) is 4.39 Å². The lowest BCUT2D eigenvalue weighted by Crippen LogP contribution is -2.49. The van der Waals surface area contributed by atoms with Crippen LogP contribution in [0.4, 0.5) is 4.39 Å². The lowest BCUT2D eigenvalue weighted by atomic mass is 9.91. The van der Waals surface area contributed by atoms with E-state index in [0.29, 0.717) is 23.2 Å². The van der Waals surface area contributed by atoms with Crippen LogP contribution in [0.25, 0.3) is 0 Å². The molecule has 1 aliphatic heterocycles. The maximum Gasteiger partial charge on any atom is 0.129 e. The normalized spacial score (nSPS) is 24.3. The first-order chi connectivity index (χ1) is 9.52. The number of likely N-dealkylation sites (tertiary alicyclic amines) is 1. The van der Waals surface area contributed by atoms with Crippen LogP contribution >= 0.6 is 11.6 Å². The van der Waals surface area contributed by atoms with Crippen molar-refractivity contribution < 1.29 is 9.50 Å². The Labute approximate surface area is 124 Å². The monoisotopic (exact) mass is 300 g/mol. The molecule has 2 atom stereocenters. The maximum absolute atomic E-state index is 13.8. The zero-order valence-electron chi connectivity index (χ0n) is 12.0. The molecular formula is C15H22ClFN2O. The molecule has 0 radical (unpaired) electrons. The summed E-state index contributed by atoms with van der Waals surface area (Å²) in [6.07, 6.45) is 0.976. The van der Waals surface area contributed by atoms with Crippen molar-refractivity contribution in [2.24, 2.45) is 5.92 Å². The van der Waals surface area contributed by atoms with Crippen molar-refractivity contribution in [2.75, 3.05) is 33.8 Å². The van der Waals surface area contributed by atoms with Gasteiger partial charge in [0.15, 0.2) is 0 Å². The molecule has 0 amide bonds. The van der Waals surface area contributed by atoms with Gasteiger partial charge in [0, 0.05) is 48.8 Å². The van der Waals surface area contributed by atoms with E-state index in [-0.39, 0.29) is 18.3 Å². The number of aliphatic hydroxyl groups is 1. The Kier molecular flexibility index (Phi) is 5.38. The third-order valence-corrected chi connectivity index (χ3v) is 4.47. The highest BCUT2D eigenvalue weighted by atomic mass is 35.5. The van der Waals surface area contributed by atoms with E-state index in [1.807, 2.05) is 14.1 Å². The van der Waals surface area contributed by atoms with E-state index < -0.39 is 0 Å². The van der Waals surface area contributed by atoms with E-state index in [2.05, 4.69) is 9.80 Å². The van der Waals surface area contributed by atoms with Crippen LogP contribution in [0.3, 0.4) is 0 Å². The second kappa shape index (κ2) is 6.85. The minimum absolute atomic E-state index is 0.157. The molecule has 20 heavy (non-hydrogen) atoms. The van der Waals surface area contributed by atoms with Gasteiger partial charge >= 0.3 is 0 Å². The molecule has 3 nitrogen and oxygen atoms in total. The highest BCUT2D eigenvalue weighted by Crippen LogP contribution is 2.25. The van der Waals surface area contributed by atoms with Gasteiger partial charge in [-0.2, -0.15) is 0 Å². The SMILES string of the molecule is CN(C)C1CCN(Cc2c(F)cccc2Cl)CC1CO. The van der Waals surface area contributed by atoms with Crippen molar-refractivity contribution in [2.45, 2.75) is 19.0 Å². The van der Waals surface area contributed by atoms with Gasteiger partial charge in [0.25, 0.3) is 0 Å².